The molecule has 0 bridgehead atoms. The van der Waals surface area contributed by atoms with Crippen LogP contribution in [0.2, 0.25) is 5.02 Å². The largest absolute Gasteiger partial charge is 0.478 e. The van der Waals surface area contributed by atoms with Crippen molar-refractivity contribution in [2.75, 3.05) is 6.54 Å². The van der Waals surface area contributed by atoms with Crippen LogP contribution in [0.5, 0.6) is 0 Å². The number of aromatic nitrogens is 1. The Kier molecular flexibility index (Phi) is 7.88. The number of carbonyl (C=O) groups excluding carboxylic acids is 1. The molecule has 1 fully saturated rings. The molecule has 1 amide bonds. The Balaban J connectivity index is 1.20. The van der Waals surface area contributed by atoms with Gasteiger partial charge in [-0.15, -0.1) is 11.3 Å². The first-order chi connectivity index (χ1) is 18.4. The van der Waals surface area contributed by atoms with Crippen LogP contribution < -0.4 is 0 Å². The van der Waals surface area contributed by atoms with E-state index in [2.05, 4.69) is 6.07 Å². The molecule has 1 aliphatic rings. The Morgan fingerprint density at radius 3 is 2.74 bits per heavy atom. The summed E-state index contributed by atoms with van der Waals surface area (Å²) in [6.45, 7) is 0.547. The van der Waals surface area contributed by atoms with Crippen molar-refractivity contribution >= 4 is 45.0 Å². The first kappa shape index (κ1) is 26.1. The van der Waals surface area contributed by atoms with Crippen molar-refractivity contribution in [2.24, 2.45) is 0 Å². The molecule has 0 saturated carbocycles. The van der Waals surface area contributed by atoms with Gasteiger partial charge in [-0.3, -0.25) is 4.79 Å². The summed E-state index contributed by atoms with van der Waals surface area (Å²) < 4.78 is 1.07. The second-order valence-electron chi connectivity index (χ2n) is 9.43. The molecule has 38 heavy (non-hydrogen) atoms. The number of nitrogens with zero attached hydrogens (tertiary/aromatic N) is 2. The van der Waals surface area contributed by atoms with Gasteiger partial charge in [0, 0.05) is 30.0 Å². The molecule has 0 unspecified atom stereocenters. The van der Waals surface area contributed by atoms with Crippen molar-refractivity contribution in [3.05, 3.63) is 101 Å². The summed E-state index contributed by atoms with van der Waals surface area (Å²) in [5, 5.41) is 21.4. The fraction of sp³-hybridized carbons (Fsp3) is 0.233. The van der Waals surface area contributed by atoms with Gasteiger partial charge in [0.05, 0.1) is 27.9 Å². The van der Waals surface area contributed by atoms with Gasteiger partial charge in [-0.2, -0.15) is 0 Å². The summed E-state index contributed by atoms with van der Waals surface area (Å²) in [7, 11) is 0. The number of fused-ring (bicyclic) bond motifs is 1. The van der Waals surface area contributed by atoms with Gasteiger partial charge >= 0.3 is 5.97 Å². The lowest BCUT2D eigenvalue weighted by Gasteiger charge is -2.23. The molecule has 5 rings (SSSR count). The summed E-state index contributed by atoms with van der Waals surface area (Å²) in [6.07, 6.45) is 5.34. The number of carboxylic acids is 1. The minimum absolute atomic E-state index is 0.0589. The highest BCUT2D eigenvalue weighted by atomic mass is 35.5. The Hall–Kier alpha value is -3.52. The number of rotatable bonds is 9. The lowest BCUT2D eigenvalue weighted by Crippen LogP contribution is -2.33. The van der Waals surface area contributed by atoms with Gasteiger partial charge in [0.15, 0.2) is 0 Å². The molecule has 2 heterocycles. The van der Waals surface area contributed by atoms with Crippen LogP contribution in [-0.2, 0) is 17.6 Å². The lowest BCUT2D eigenvalue weighted by molar-refractivity contribution is -0.128. The quantitative estimate of drug-likeness (QED) is 0.251. The zero-order valence-corrected chi connectivity index (χ0v) is 22.2. The monoisotopic (exact) mass is 546 g/mol. The van der Waals surface area contributed by atoms with E-state index in [1.54, 1.807) is 41.7 Å². The minimum Gasteiger partial charge on any atom is -0.478 e. The predicted molar refractivity (Wildman–Crippen MR) is 151 cm³/mol. The molecular formula is C30H27ClN2O4S. The molecule has 8 heteroatoms. The number of thiazole rings is 1. The molecule has 194 valence electrons. The van der Waals surface area contributed by atoms with Crippen molar-refractivity contribution in [3.8, 4) is 10.6 Å². The van der Waals surface area contributed by atoms with Gasteiger partial charge in [0.25, 0.3) is 0 Å². The van der Waals surface area contributed by atoms with E-state index in [1.807, 2.05) is 47.4 Å². The van der Waals surface area contributed by atoms with Gasteiger partial charge in [-0.1, -0.05) is 54.1 Å². The summed E-state index contributed by atoms with van der Waals surface area (Å²) in [4.78, 5) is 30.1. The van der Waals surface area contributed by atoms with Crippen LogP contribution >= 0.6 is 22.9 Å². The SMILES string of the molecule is O=C(O)c1ccc(CCN2C(=O)CC[C@@H]2C=C[C@@H](O)Cc2cccc(-c3nc4cc(Cl)ccc4s3)c2)cc1. The van der Waals surface area contributed by atoms with Crippen LogP contribution in [-0.4, -0.2) is 50.7 Å². The molecule has 1 aromatic heterocycles. The number of hydrogen-bond donors (Lipinski definition) is 2. The topological polar surface area (TPSA) is 90.7 Å². The number of aromatic carboxylic acids is 1. The van der Waals surface area contributed by atoms with E-state index in [4.69, 9.17) is 21.7 Å². The fourth-order valence-electron chi connectivity index (χ4n) is 4.73. The number of halogens is 1. The van der Waals surface area contributed by atoms with Gasteiger partial charge in [0.2, 0.25) is 5.91 Å². The summed E-state index contributed by atoms with van der Waals surface area (Å²) in [5.74, 6) is -0.856. The molecule has 2 atom stereocenters. The number of hydrogen-bond acceptors (Lipinski definition) is 5. The molecule has 1 saturated heterocycles. The lowest BCUT2D eigenvalue weighted by atomic mass is 10.0. The Morgan fingerprint density at radius 2 is 1.95 bits per heavy atom. The molecule has 0 spiro atoms. The Labute approximate surface area is 229 Å². The Morgan fingerprint density at radius 1 is 1.13 bits per heavy atom. The van der Waals surface area contributed by atoms with Gasteiger partial charge in [0.1, 0.15) is 5.01 Å². The highest BCUT2D eigenvalue weighted by Gasteiger charge is 2.28. The minimum atomic E-state index is -0.955. The first-order valence-corrected chi connectivity index (χ1v) is 13.7. The number of amides is 1. The van der Waals surface area contributed by atoms with Crippen molar-refractivity contribution < 1.29 is 19.8 Å². The van der Waals surface area contributed by atoms with E-state index < -0.39 is 12.1 Å². The zero-order chi connectivity index (χ0) is 26.6. The number of aliphatic hydroxyl groups is 1. The van der Waals surface area contributed by atoms with E-state index in [1.165, 1.54) is 0 Å². The number of carbonyl (C=O) groups is 2. The summed E-state index contributed by atoms with van der Waals surface area (Å²) in [6, 6.07) is 20.4. The molecule has 0 aliphatic carbocycles. The van der Waals surface area contributed by atoms with Crippen molar-refractivity contribution in [1.82, 2.24) is 9.88 Å². The number of carboxylic acid groups (broad SMARTS) is 1. The predicted octanol–water partition coefficient (Wildman–Crippen LogP) is 6.01. The maximum atomic E-state index is 12.5. The maximum absolute atomic E-state index is 12.5. The highest BCUT2D eigenvalue weighted by Crippen LogP contribution is 2.32. The smallest absolute Gasteiger partial charge is 0.335 e. The third kappa shape index (κ3) is 6.13. The van der Waals surface area contributed by atoms with E-state index in [0.717, 1.165) is 38.3 Å². The van der Waals surface area contributed by atoms with Crippen LogP contribution in [0.3, 0.4) is 0 Å². The fourth-order valence-corrected chi connectivity index (χ4v) is 5.84. The average molecular weight is 547 g/mol. The molecule has 0 radical (unpaired) electrons. The van der Waals surface area contributed by atoms with Crippen molar-refractivity contribution in [3.63, 3.8) is 0 Å². The molecule has 1 aliphatic heterocycles. The Bertz CT molecular complexity index is 1500. The van der Waals surface area contributed by atoms with E-state index in [9.17, 15) is 14.7 Å². The standard InChI is InChI=1S/C30H27ClN2O4S/c31-23-8-12-27-26(18-23)32-29(38-27)22-3-1-2-20(16-22)17-25(34)11-9-24-10-13-28(35)33(24)15-14-19-4-6-21(7-5-19)30(36)37/h1-9,11-12,16,18,24-25,34H,10,13-15,17H2,(H,36,37)/t24-,25+/m0/s1. The van der Waals surface area contributed by atoms with E-state index in [0.29, 0.717) is 30.8 Å². The van der Waals surface area contributed by atoms with Gasteiger partial charge < -0.3 is 15.1 Å². The number of aliphatic hydroxyl groups excluding tert-OH is 1. The maximum Gasteiger partial charge on any atom is 0.335 e. The second-order valence-corrected chi connectivity index (χ2v) is 10.9. The second kappa shape index (κ2) is 11.5. The van der Waals surface area contributed by atoms with Gasteiger partial charge in [-0.25, -0.2) is 9.78 Å². The summed E-state index contributed by atoms with van der Waals surface area (Å²) in [5.41, 5.74) is 4.10. The summed E-state index contributed by atoms with van der Waals surface area (Å²) >= 11 is 7.71. The normalized spacial score (nSPS) is 16.5. The first-order valence-electron chi connectivity index (χ1n) is 12.5. The van der Waals surface area contributed by atoms with Crippen LogP contribution in [0.15, 0.2) is 78.9 Å². The van der Waals surface area contributed by atoms with Gasteiger partial charge in [-0.05, 0) is 60.4 Å². The van der Waals surface area contributed by atoms with Crippen LogP contribution in [0, 0.1) is 0 Å². The van der Waals surface area contributed by atoms with Crippen LogP contribution in [0.1, 0.15) is 34.3 Å². The molecular weight excluding hydrogens is 520 g/mol. The highest BCUT2D eigenvalue weighted by molar-refractivity contribution is 7.21. The van der Waals surface area contributed by atoms with Crippen LogP contribution in [0.25, 0.3) is 20.8 Å². The number of benzene rings is 3. The van der Waals surface area contributed by atoms with E-state index >= 15 is 0 Å². The molecule has 2 N–H and O–H groups in total. The van der Waals surface area contributed by atoms with Crippen LogP contribution in [0.4, 0.5) is 0 Å². The van der Waals surface area contributed by atoms with E-state index in [-0.39, 0.29) is 17.5 Å². The molecule has 4 aromatic rings. The molecule has 6 nitrogen and oxygen atoms in total. The number of likely N-dealkylation sites (tertiary alicyclic amines) is 1. The molecule has 3 aromatic carbocycles. The van der Waals surface area contributed by atoms with Crippen molar-refractivity contribution in [2.45, 2.75) is 37.8 Å². The van der Waals surface area contributed by atoms with Crippen molar-refractivity contribution in [1.29, 1.82) is 0 Å². The average Bonchev–Trinajstić information content (AvgIpc) is 3.49. The zero-order valence-electron chi connectivity index (χ0n) is 20.6. The third-order valence-corrected chi connectivity index (χ3v) is 8.06. The third-order valence-electron chi connectivity index (χ3n) is 6.74.